The highest BCUT2D eigenvalue weighted by molar-refractivity contribution is 7.09. The molecule has 0 aliphatic rings. The van der Waals surface area contributed by atoms with Gasteiger partial charge in [0.25, 0.3) is 0 Å². The molecule has 7 heteroatoms. The van der Waals surface area contributed by atoms with Gasteiger partial charge in [0.15, 0.2) is 5.82 Å². The molecule has 0 spiro atoms. The number of nitrogens with zero attached hydrogens (tertiary/aromatic N) is 3. The van der Waals surface area contributed by atoms with Crippen molar-refractivity contribution in [3.63, 3.8) is 0 Å². The predicted octanol–water partition coefficient (Wildman–Crippen LogP) is 2.88. The third-order valence-corrected chi connectivity index (χ3v) is 3.93. The number of amides is 1. The van der Waals surface area contributed by atoms with Crippen molar-refractivity contribution in [2.75, 3.05) is 5.32 Å². The second kappa shape index (κ2) is 6.97. The fourth-order valence-electron chi connectivity index (χ4n) is 2.01. The van der Waals surface area contributed by atoms with E-state index in [1.165, 1.54) is 11.3 Å². The Morgan fingerprint density at radius 1 is 1.22 bits per heavy atom. The molecule has 0 unspecified atom stereocenters. The number of carbonyl (C=O) groups excluding carboxylic acids is 1. The average molecular weight is 326 g/mol. The first-order valence-corrected chi connectivity index (χ1v) is 7.88. The zero-order valence-corrected chi connectivity index (χ0v) is 13.0. The van der Waals surface area contributed by atoms with Gasteiger partial charge >= 0.3 is 0 Å². The summed E-state index contributed by atoms with van der Waals surface area (Å²) in [6, 6.07) is 6.70. The monoisotopic (exact) mass is 326 g/mol. The minimum Gasteiger partial charge on any atom is -0.508 e. The van der Waals surface area contributed by atoms with Gasteiger partial charge in [-0.05, 0) is 12.1 Å². The molecule has 3 rings (SSSR count). The molecule has 0 bridgehead atoms. The van der Waals surface area contributed by atoms with E-state index in [2.05, 4.69) is 20.3 Å². The molecule has 0 saturated heterocycles. The SMILES string of the molecule is O=C(CCc1nccs1)Nc1cnc(-c2cccc(O)c2)nc1. The van der Waals surface area contributed by atoms with Crippen molar-refractivity contribution in [1.29, 1.82) is 0 Å². The van der Waals surface area contributed by atoms with Crippen LogP contribution in [0.5, 0.6) is 5.75 Å². The normalized spacial score (nSPS) is 10.4. The van der Waals surface area contributed by atoms with Crippen molar-refractivity contribution in [1.82, 2.24) is 15.0 Å². The van der Waals surface area contributed by atoms with Crippen LogP contribution in [-0.2, 0) is 11.2 Å². The summed E-state index contributed by atoms with van der Waals surface area (Å²) < 4.78 is 0. The summed E-state index contributed by atoms with van der Waals surface area (Å²) in [6.45, 7) is 0. The highest BCUT2D eigenvalue weighted by atomic mass is 32.1. The number of aromatic nitrogens is 3. The molecule has 6 nitrogen and oxygen atoms in total. The van der Waals surface area contributed by atoms with E-state index >= 15 is 0 Å². The summed E-state index contributed by atoms with van der Waals surface area (Å²) in [6.07, 6.45) is 5.81. The molecule has 0 fully saturated rings. The maximum Gasteiger partial charge on any atom is 0.224 e. The minimum atomic E-state index is -0.103. The van der Waals surface area contributed by atoms with Crippen LogP contribution in [0.15, 0.2) is 48.2 Å². The standard InChI is InChI=1S/C16H14N4O2S/c21-13-3-1-2-11(8-13)16-18-9-12(10-19-16)20-14(22)4-5-15-17-6-7-23-15/h1-3,6-10,21H,4-5H2,(H,20,22). The molecule has 0 aliphatic heterocycles. The molecule has 0 saturated carbocycles. The molecule has 3 aromatic rings. The smallest absolute Gasteiger partial charge is 0.224 e. The Morgan fingerprint density at radius 2 is 2.04 bits per heavy atom. The predicted molar refractivity (Wildman–Crippen MR) is 88.2 cm³/mol. The molecule has 1 amide bonds. The number of carbonyl (C=O) groups is 1. The molecule has 23 heavy (non-hydrogen) atoms. The largest absolute Gasteiger partial charge is 0.508 e. The third-order valence-electron chi connectivity index (χ3n) is 3.09. The summed E-state index contributed by atoms with van der Waals surface area (Å²) in [5, 5.41) is 15.1. The van der Waals surface area contributed by atoms with Crippen LogP contribution in [-0.4, -0.2) is 26.0 Å². The second-order valence-corrected chi connectivity index (χ2v) is 5.80. The van der Waals surface area contributed by atoms with Gasteiger partial charge in [0.2, 0.25) is 5.91 Å². The van der Waals surface area contributed by atoms with Gasteiger partial charge in [-0.25, -0.2) is 15.0 Å². The number of benzene rings is 1. The zero-order chi connectivity index (χ0) is 16.1. The Balaban J connectivity index is 1.60. The minimum absolute atomic E-state index is 0.103. The number of thiazole rings is 1. The van der Waals surface area contributed by atoms with E-state index in [4.69, 9.17) is 0 Å². The Kier molecular flexibility index (Phi) is 4.58. The summed E-state index contributed by atoms with van der Waals surface area (Å²) in [7, 11) is 0. The lowest BCUT2D eigenvalue weighted by atomic mass is 10.2. The highest BCUT2D eigenvalue weighted by Crippen LogP contribution is 2.20. The summed E-state index contributed by atoms with van der Waals surface area (Å²) in [4.78, 5) is 24.4. The van der Waals surface area contributed by atoms with Crippen molar-refractivity contribution in [3.05, 3.63) is 53.2 Å². The van der Waals surface area contributed by atoms with Gasteiger partial charge < -0.3 is 10.4 Å². The number of nitrogens with one attached hydrogen (secondary N) is 1. The van der Waals surface area contributed by atoms with Crippen LogP contribution in [0.4, 0.5) is 5.69 Å². The van der Waals surface area contributed by atoms with E-state index in [1.54, 1.807) is 42.9 Å². The van der Waals surface area contributed by atoms with Crippen LogP contribution < -0.4 is 5.32 Å². The Labute approximate surface area is 136 Å². The number of aryl methyl sites for hydroxylation is 1. The Hall–Kier alpha value is -2.80. The molecular weight excluding hydrogens is 312 g/mol. The molecule has 0 atom stereocenters. The van der Waals surface area contributed by atoms with Gasteiger partial charge in [-0.15, -0.1) is 11.3 Å². The van der Waals surface area contributed by atoms with Crippen LogP contribution >= 0.6 is 11.3 Å². The molecule has 2 N–H and O–H groups in total. The second-order valence-electron chi connectivity index (χ2n) is 4.82. The van der Waals surface area contributed by atoms with E-state index in [0.717, 1.165) is 5.01 Å². The van der Waals surface area contributed by atoms with E-state index in [-0.39, 0.29) is 11.7 Å². The van der Waals surface area contributed by atoms with E-state index in [1.807, 2.05) is 5.38 Å². The van der Waals surface area contributed by atoms with Crippen molar-refractivity contribution >= 4 is 22.9 Å². The molecule has 116 valence electrons. The molecular formula is C16H14N4O2S. The highest BCUT2D eigenvalue weighted by Gasteiger charge is 2.07. The number of hydrogen-bond donors (Lipinski definition) is 2. The first kappa shape index (κ1) is 15.1. The van der Waals surface area contributed by atoms with Crippen molar-refractivity contribution in [3.8, 4) is 17.1 Å². The first-order chi connectivity index (χ1) is 11.2. The quantitative estimate of drug-likeness (QED) is 0.752. The van der Waals surface area contributed by atoms with Crippen molar-refractivity contribution < 1.29 is 9.90 Å². The van der Waals surface area contributed by atoms with E-state index in [9.17, 15) is 9.90 Å². The number of anilines is 1. The lowest BCUT2D eigenvalue weighted by Gasteiger charge is -2.05. The lowest BCUT2D eigenvalue weighted by Crippen LogP contribution is -2.12. The topological polar surface area (TPSA) is 88.0 Å². The maximum atomic E-state index is 11.9. The Bertz CT molecular complexity index is 788. The summed E-state index contributed by atoms with van der Waals surface area (Å²) in [5.41, 5.74) is 1.25. The molecule has 0 aliphatic carbocycles. The third kappa shape index (κ3) is 4.10. The summed E-state index contributed by atoms with van der Waals surface area (Å²) >= 11 is 1.54. The van der Waals surface area contributed by atoms with Gasteiger partial charge in [0.05, 0.1) is 23.1 Å². The average Bonchev–Trinajstić information content (AvgIpc) is 3.07. The zero-order valence-electron chi connectivity index (χ0n) is 12.1. The molecule has 1 aromatic carbocycles. The van der Waals surface area contributed by atoms with Gasteiger partial charge in [0.1, 0.15) is 5.75 Å². The van der Waals surface area contributed by atoms with Crippen LogP contribution in [0.25, 0.3) is 11.4 Å². The van der Waals surface area contributed by atoms with Crippen LogP contribution in [0.3, 0.4) is 0 Å². The number of rotatable bonds is 5. The molecule has 2 aromatic heterocycles. The first-order valence-electron chi connectivity index (χ1n) is 7.00. The maximum absolute atomic E-state index is 11.9. The number of aromatic hydroxyl groups is 1. The number of hydrogen-bond acceptors (Lipinski definition) is 6. The van der Waals surface area contributed by atoms with Crippen molar-refractivity contribution in [2.45, 2.75) is 12.8 Å². The lowest BCUT2D eigenvalue weighted by molar-refractivity contribution is -0.116. The van der Waals surface area contributed by atoms with Crippen molar-refractivity contribution in [2.24, 2.45) is 0 Å². The van der Waals surface area contributed by atoms with Gasteiger partial charge in [-0.1, -0.05) is 12.1 Å². The van der Waals surface area contributed by atoms with Gasteiger partial charge in [-0.3, -0.25) is 4.79 Å². The fraction of sp³-hybridized carbons (Fsp3) is 0.125. The van der Waals surface area contributed by atoms with Crippen LogP contribution in [0.2, 0.25) is 0 Å². The van der Waals surface area contributed by atoms with Gasteiger partial charge in [0, 0.05) is 30.0 Å². The van der Waals surface area contributed by atoms with Gasteiger partial charge in [-0.2, -0.15) is 0 Å². The summed E-state index contributed by atoms with van der Waals surface area (Å²) in [5.74, 6) is 0.543. The van der Waals surface area contributed by atoms with Crippen LogP contribution in [0.1, 0.15) is 11.4 Å². The molecule has 2 heterocycles. The Morgan fingerprint density at radius 3 is 2.74 bits per heavy atom. The van der Waals surface area contributed by atoms with E-state index in [0.29, 0.717) is 29.9 Å². The molecule has 0 radical (unpaired) electrons. The number of phenolic OH excluding ortho intramolecular Hbond substituents is 1. The fourth-order valence-corrected chi connectivity index (χ4v) is 2.63. The van der Waals surface area contributed by atoms with E-state index < -0.39 is 0 Å². The van der Waals surface area contributed by atoms with Crippen LogP contribution in [0, 0.1) is 0 Å². The number of phenols is 1.